The molecule has 0 radical (unpaired) electrons. The quantitative estimate of drug-likeness (QED) is 0.606. The van der Waals surface area contributed by atoms with Crippen LogP contribution >= 0.6 is 11.8 Å². The van der Waals surface area contributed by atoms with Gasteiger partial charge >= 0.3 is 5.97 Å². The predicted octanol–water partition coefficient (Wildman–Crippen LogP) is 4.08. The van der Waals surface area contributed by atoms with Crippen LogP contribution in [0.1, 0.15) is 17.7 Å². The minimum atomic E-state index is -0.316. The molecule has 0 saturated heterocycles. The van der Waals surface area contributed by atoms with Gasteiger partial charge in [-0.15, -0.1) is 11.8 Å². The average Bonchev–Trinajstić information content (AvgIpc) is 2.47. The summed E-state index contributed by atoms with van der Waals surface area (Å²) in [5.74, 6) is -0.192. The molecule has 3 heteroatoms. The fraction of sp³-hybridized carbons (Fsp3) is 0.188. The maximum absolute atomic E-state index is 12.1. The Morgan fingerprint density at radius 2 is 1.63 bits per heavy atom. The van der Waals surface area contributed by atoms with Gasteiger partial charge in [0, 0.05) is 4.90 Å². The zero-order valence-corrected chi connectivity index (χ0v) is 11.6. The van der Waals surface area contributed by atoms with Gasteiger partial charge in [-0.1, -0.05) is 48.5 Å². The predicted molar refractivity (Wildman–Crippen MR) is 78.1 cm³/mol. The summed E-state index contributed by atoms with van der Waals surface area (Å²) in [4.78, 5) is 13.2. The molecule has 0 aromatic heterocycles. The Morgan fingerprint density at radius 3 is 2.21 bits per heavy atom. The second-order valence-corrected chi connectivity index (χ2v) is 5.15. The van der Waals surface area contributed by atoms with Crippen molar-refractivity contribution in [3.8, 4) is 0 Å². The molecular weight excluding hydrogens is 256 g/mol. The standard InChI is InChI=1S/C16H16O2S/c1-2-18-16(17)15(13-9-5-3-6-10-13)19-14-11-7-4-8-12-14/h3-12,15H,2H2,1H3. The van der Waals surface area contributed by atoms with Crippen LogP contribution in [0.2, 0.25) is 0 Å². The monoisotopic (exact) mass is 272 g/mol. The van der Waals surface area contributed by atoms with Crippen molar-refractivity contribution < 1.29 is 9.53 Å². The first-order valence-corrected chi connectivity index (χ1v) is 7.12. The Kier molecular flexibility index (Phi) is 5.04. The average molecular weight is 272 g/mol. The number of carbonyl (C=O) groups is 1. The summed E-state index contributed by atoms with van der Waals surface area (Å²) >= 11 is 1.52. The molecule has 0 N–H and O–H groups in total. The van der Waals surface area contributed by atoms with Crippen molar-refractivity contribution in [2.45, 2.75) is 17.1 Å². The highest BCUT2D eigenvalue weighted by molar-refractivity contribution is 8.00. The van der Waals surface area contributed by atoms with Crippen molar-refractivity contribution in [1.82, 2.24) is 0 Å². The van der Waals surface area contributed by atoms with Gasteiger partial charge in [-0.05, 0) is 24.6 Å². The van der Waals surface area contributed by atoms with E-state index in [0.29, 0.717) is 6.61 Å². The van der Waals surface area contributed by atoms with Gasteiger partial charge in [0.1, 0.15) is 5.25 Å². The van der Waals surface area contributed by atoms with Gasteiger partial charge in [-0.3, -0.25) is 4.79 Å². The third kappa shape index (κ3) is 3.86. The SMILES string of the molecule is CCOC(=O)C(Sc1ccccc1)c1ccccc1. The summed E-state index contributed by atoms with van der Waals surface area (Å²) in [6, 6.07) is 19.6. The van der Waals surface area contributed by atoms with Crippen LogP contribution in [0.3, 0.4) is 0 Å². The van der Waals surface area contributed by atoms with Gasteiger partial charge in [0.15, 0.2) is 0 Å². The fourth-order valence-electron chi connectivity index (χ4n) is 1.73. The first kappa shape index (κ1) is 13.7. The van der Waals surface area contributed by atoms with Gasteiger partial charge in [-0.2, -0.15) is 0 Å². The number of esters is 1. The summed E-state index contributed by atoms with van der Waals surface area (Å²) in [6.45, 7) is 2.23. The molecular formula is C16H16O2S. The van der Waals surface area contributed by atoms with Gasteiger partial charge in [0.05, 0.1) is 6.61 Å². The summed E-state index contributed by atoms with van der Waals surface area (Å²) < 4.78 is 5.17. The lowest BCUT2D eigenvalue weighted by molar-refractivity contribution is -0.142. The van der Waals surface area contributed by atoms with E-state index in [1.54, 1.807) is 0 Å². The molecule has 0 bridgehead atoms. The largest absolute Gasteiger partial charge is 0.465 e. The summed E-state index contributed by atoms with van der Waals surface area (Å²) in [6.07, 6.45) is 0. The molecule has 2 aromatic rings. The van der Waals surface area contributed by atoms with Crippen LogP contribution in [0.15, 0.2) is 65.6 Å². The highest BCUT2D eigenvalue weighted by atomic mass is 32.2. The van der Waals surface area contributed by atoms with Gasteiger partial charge in [0.25, 0.3) is 0 Å². The number of ether oxygens (including phenoxy) is 1. The van der Waals surface area contributed by atoms with Crippen LogP contribution in [-0.2, 0) is 9.53 Å². The van der Waals surface area contributed by atoms with E-state index in [9.17, 15) is 4.79 Å². The summed E-state index contributed by atoms with van der Waals surface area (Å²) in [5, 5.41) is -0.316. The molecule has 1 atom stereocenters. The van der Waals surface area contributed by atoms with E-state index in [0.717, 1.165) is 10.5 Å². The molecule has 1 unspecified atom stereocenters. The summed E-state index contributed by atoms with van der Waals surface area (Å²) in [7, 11) is 0. The second-order valence-electron chi connectivity index (χ2n) is 3.97. The molecule has 2 rings (SSSR count). The lowest BCUT2D eigenvalue weighted by Gasteiger charge is -2.15. The molecule has 2 aromatic carbocycles. The van der Waals surface area contributed by atoms with E-state index in [4.69, 9.17) is 4.74 Å². The highest BCUT2D eigenvalue weighted by Gasteiger charge is 2.22. The molecule has 0 fully saturated rings. The molecule has 2 nitrogen and oxygen atoms in total. The first-order chi connectivity index (χ1) is 9.31. The summed E-state index contributed by atoms with van der Waals surface area (Å²) in [5.41, 5.74) is 0.967. The van der Waals surface area contributed by atoms with Crippen LogP contribution in [-0.4, -0.2) is 12.6 Å². The molecule has 0 amide bonds. The van der Waals surface area contributed by atoms with Gasteiger partial charge in [-0.25, -0.2) is 0 Å². The Hall–Kier alpha value is -1.74. The lowest BCUT2D eigenvalue weighted by atomic mass is 10.1. The molecule has 0 aliphatic carbocycles. The fourth-order valence-corrected chi connectivity index (χ4v) is 2.78. The zero-order chi connectivity index (χ0) is 13.5. The van der Waals surface area contributed by atoms with E-state index in [-0.39, 0.29) is 11.2 Å². The molecule has 0 aliphatic rings. The number of carbonyl (C=O) groups excluding carboxylic acids is 1. The van der Waals surface area contributed by atoms with Crippen LogP contribution in [0.4, 0.5) is 0 Å². The minimum absolute atomic E-state index is 0.192. The number of rotatable bonds is 5. The lowest BCUT2D eigenvalue weighted by Crippen LogP contribution is -2.13. The minimum Gasteiger partial charge on any atom is -0.465 e. The zero-order valence-electron chi connectivity index (χ0n) is 10.8. The van der Waals surface area contributed by atoms with E-state index in [1.807, 2.05) is 67.6 Å². The maximum Gasteiger partial charge on any atom is 0.323 e. The number of thioether (sulfide) groups is 1. The van der Waals surface area contributed by atoms with Crippen LogP contribution in [0, 0.1) is 0 Å². The number of hydrogen-bond donors (Lipinski definition) is 0. The van der Waals surface area contributed by atoms with Crippen LogP contribution < -0.4 is 0 Å². The third-order valence-electron chi connectivity index (χ3n) is 2.60. The van der Waals surface area contributed by atoms with Crippen molar-refractivity contribution in [3.05, 3.63) is 66.2 Å². The van der Waals surface area contributed by atoms with Gasteiger partial charge in [0.2, 0.25) is 0 Å². The molecule has 98 valence electrons. The van der Waals surface area contributed by atoms with Crippen molar-refractivity contribution in [2.75, 3.05) is 6.61 Å². The van der Waals surface area contributed by atoms with Crippen LogP contribution in [0.25, 0.3) is 0 Å². The smallest absolute Gasteiger partial charge is 0.323 e. The third-order valence-corrected chi connectivity index (χ3v) is 3.84. The normalized spacial score (nSPS) is 11.8. The Labute approximate surface area is 117 Å². The van der Waals surface area contributed by atoms with Crippen molar-refractivity contribution >= 4 is 17.7 Å². The first-order valence-electron chi connectivity index (χ1n) is 6.24. The Morgan fingerprint density at radius 1 is 1.05 bits per heavy atom. The Bertz CT molecular complexity index is 511. The van der Waals surface area contributed by atoms with Crippen LogP contribution in [0.5, 0.6) is 0 Å². The Balaban J connectivity index is 2.22. The van der Waals surface area contributed by atoms with E-state index in [2.05, 4.69) is 0 Å². The van der Waals surface area contributed by atoms with E-state index in [1.165, 1.54) is 11.8 Å². The molecule has 19 heavy (non-hydrogen) atoms. The molecule has 0 spiro atoms. The van der Waals surface area contributed by atoms with Gasteiger partial charge < -0.3 is 4.74 Å². The number of hydrogen-bond acceptors (Lipinski definition) is 3. The van der Waals surface area contributed by atoms with E-state index < -0.39 is 0 Å². The van der Waals surface area contributed by atoms with Crippen molar-refractivity contribution in [1.29, 1.82) is 0 Å². The maximum atomic E-state index is 12.1. The second kappa shape index (κ2) is 7.00. The van der Waals surface area contributed by atoms with Crippen molar-refractivity contribution in [2.24, 2.45) is 0 Å². The van der Waals surface area contributed by atoms with Crippen molar-refractivity contribution in [3.63, 3.8) is 0 Å². The topological polar surface area (TPSA) is 26.3 Å². The number of benzene rings is 2. The van der Waals surface area contributed by atoms with E-state index >= 15 is 0 Å². The molecule has 0 aliphatic heterocycles. The molecule has 0 heterocycles. The highest BCUT2D eigenvalue weighted by Crippen LogP contribution is 2.35. The molecule has 0 saturated carbocycles.